The van der Waals surface area contributed by atoms with Gasteiger partial charge in [0.2, 0.25) is 0 Å². The van der Waals surface area contributed by atoms with Gasteiger partial charge in [-0.2, -0.15) is 0 Å². The minimum atomic E-state index is -1.92. The predicted octanol–water partition coefficient (Wildman–Crippen LogP) is 6.06. The van der Waals surface area contributed by atoms with Crippen LogP contribution in [0.1, 0.15) is 48.8 Å². The van der Waals surface area contributed by atoms with Gasteiger partial charge in [-0.25, -0.2) is 4.79 Å². The molecule has 4 rings (SSSR count). The monoisotopic (exact) mass is 575 g/mol. The van der Waals surface area contributed by atoms with Crippen LogP contribution in [0.15, 0.2) is 65.1 Å². The van der Waals surface area contributed by atoms with Gasteiger partial charge in [0.15, 0.2) is 12.2 Å². The number of fused-ring (bicyclic) bond motifs is 3. The number of aliphatic carboxylic acids is 1. The molecule has 0 saturated carbocycles. The number of unbranched alkanes of at least 4 members (excludes halogenated alkanes) is 3. The highest BCUT2D eigenvalue weighted by Crippen LogP contribution is 2.31. The molecular weight excluding hydrogens is 534 g/mol. The molecule has 3 aromatic carbocycles. The van der Waals surface area contributed by atoms with Gasteiger partial charge in [-0.1, -0.05) is 42.8 Å². The Morgan fingerprint density at radius 1 is 0.857 bits per heavy atom. The maximum absolute atomic E-state index is 13.0. The maximum atomic E-state index is 13.0. The van der Waals surface area contributed by atoms with E-state index in [1.807, 2.05) is 42.5 Å². The summed E-state index contributed by atoms with van der Waals surface area (Å²) in [4.78, 5) is 25.9. The zero-order valence-corrected chi connectivity index (χ0v) is 24.7. The number of carboxylic acids is 1. The normalized spacial score (nSPS) is 12.9. The summed E-state index contributed by atoms with van der Waals surface area (Å²) in [6, 6.07) is 20.1. The fraction of sp³-hybridized carbons (Fsp3) is 0.412. The number of carboxylic acid groups (broad SMARTS) is 1. The second-order valence-corrected chi connectivity index (χ2v) is 10.9. The fourth-order valence-electron chi connectivity index (χ4n) is 4.97. The maximum Gasteiger partial charge on any atom is 0.335 e. The Kier molecular flexibility index (Phi) is 11.0. The summed E-state index contributed by atoms with van der Waals surface area (Å²) in [5.41, 5.74) is 5.48. The summed E-state index contributed by atoms with van der Waals surface area (Å²) in [6.45, 7) is 5.25. The molecule has 8 heteroatoms. The van der Waals surface area contributed by atoms with Gasteiger partial charge in [-0.3, -0.25) is 4.79 Å². The number of hydrogen-bond acceptors (Lipinski definition) is 6. The lowest BCUT2D eigenvalue weighted by Crippen LogP contribution is -2.48. The minimum Gasteiger partial charge on any atom is -0.494 e. The van der Waals surface area contributed by atoms with Crippen molar-refractivity contribution in [2.45, 2.75) is 64.6 Å². The van der Waals surface area contributed by atoms with Crippen LogP contribution in [-0.2, 0) is 20.7 Å². The lowest BCUT2D eigenvalue weighted by atomic mass is 10.0. The quantitative estimate of drug-likeness (QED) is 0.156. The van der Waals surface area contributed by atoms with Crippen LogP contribution in [0.2, 0.25) is 0 Å². The zero-order chi connectivity index (χ0) is 30.1. The SMILES string of the molecule is Cc1ccc(CCCCCOC(C(=O)N(C)CCCCOc2ccc3oc4ccccc4c3c2)C(O)C(=O)O)cc1C. The first kappa shape index (κ1) is 31.1. The van der Waals surface area contributed by atoms with Crippen LogP contribution in [0.3, 0.4) is 0 Å². The summed E-state index contributed by atoms with van der Waals surface area (Å²) in [5, 5.41) is 21.5. The summed E-state index contributed by atoms with van der Waals surface area (Å²) in [5.74, 6) is -1.28. The largest absolute Gasteiger partial charge is 0.494 e. The van der Waals surface area contributed by atoms with Crippen molar-refractivity contribution in [1.82, 2.24) is 4.90 Å². The number of para-hydroxylation sites is 1. The van der Waals surface area contributed by atoms with Gasteiger partial charge in [0.05, 0.1) is 6.61 Å². The molecule has 0 aliphatic heterocycles. The molecule has 2 N–H and O–H groups in total. The van der Waals surface area contributed by atoms with Crippen LogP contribution in [0, 0.1) is 13.8 Å². The number of amides is 1. The van der Waals surface area contributed by atoms with Crippen molar-refractivity contribution in [2.75, 3.05) is 26.8 Å². The van der Waals surface area contributed by atoms with Gasteiger partial charge < -0.3 is 29.0 Å². The first-order valence-electron chi connectivity index (χ1n) is 14.6. The Labute approximate surface area is 246 Å². The molecular formula is C34H41NO7. The summed E-state index contributed by atoms with van der Waals surface area (Å²) >= 11 is 0. The minimum absolute atomic E-state index is 0.200. The highest BCUT2D eigenvalue weighted by atomic mass is 16.5. The molecule has 2 unspecified atom stereocenters. The first-order valence-corrected chi connectivity index (χ1v) is 14.6. The third-order valence-electron chi connectivity index (χ3n) is 7.64. The van der Waals surface area contributed by atoms with Crippen molar-refractivity contribution in [3.05, 3.63) is 77.4 Å². The lowest BCUT2D eigenvalue weighted by Gasteiger charge is -2.25. The van der Waals surface area contributed by atoms with E-state index in [1.165, 1.54) is 21.6 Å². The molecule has 2 atom stereocenters. The van der Waals surface area contributed by atoms with Crippen LogP contribution in [0.4, 0.5) is 0 Å². The van der Waals surface area contributed by atoms with Crippen LogP contribution in [0.5, 0.6) is 5.75 Å². The number of rotatable bonds is 16. The molecule has 42 heavy (non-hydrogen) atoms. The van der Waals surface area contributed by atoms with E-state index in [1.54, 1.807) is 7.05 Å². The van der Waals surface area contributed by atoms with Gasteiger partial charge in [0.25, 0.3) is 5.91 Å². The summed E-state index contributed by atoms with van der Waals surface area (Å²) in [6.07, 6.45) is 1.41. The molecule has 224 valence electrons. The smallest absolute Gasteiger partial charge is 0.335 e. The number of aliphatic hydroxyl groups excluding tert-OH is 1. The van der Waals surface area contributed by atoms with E-state index in [-0.39, 0.29) is 6.61 Å². The Morgan fingerprint density at radius 3 is 2.40 bits per heavy atom. The van der Waals surface area contributed by atoms with Crippen molar-refractivity contribution < 1.29 is 33.7 Å². The van der Waals surface area contributed by atoms with E-state index in [4.69, 9.17) is 13.9 Å². The topological polar surface area (TPSA) is 109 Å². The van der Waals surface area contributed by atoms with Gasteiger partial charge in [-0.05, 0) is 86.9 Å². The van der Waals surface area contributed by atoms with Crippen molar-refractivity contribution >= 4 is 33.8 Å². The van der Waals surface area contributed by atoms with Crippen LogP contribution in [0.25, 0.3) is 21.9 Å². The Balaban J connectivity index is 1.18. The standard InChI is InChI=1S/C34H41NO7/c1-23-14-15-25(21-24(23)2)11-5-4-9-20-41-32(31(36)34(38)39)33(37)35(3)18-8-10-19-40-26-16-17-30-28(22-26)27-12-6-7-13-29(27)42-30/h6-7,12-17,21-22,31-32,36H,4-5,8-11,18-20H2,1-3H3,(H,38,39). The van der Waals surface area contributed by atoms with Gasteiger partial charge >= 0.3 is 5.97 Å². The Morgan fingerprint density at radius 2 is 1.62 bits per heavy atom. The number of aryl methyl sites for hydroxylation is 3. The molecule has 0 saturated heterocycles. The van der Waals surface area contributed by atoms with Crippen molar-refractivity contribution in [2.24, 2.45) is 0 Å². The molecule has 0 radical (unpaired) electrons. The molecule has 4 aromatic rings. The number of benzene rings is 3. The fourth-order valence-corrected chi connectivity index (χ4v) is 4.97. The van der Waals surface area contributed by atoms with Crippen molar-refractivity contribution in [3.8, 4) is 5.75 Å². The molecule has 0 aliphatic rings. The highest BCUT2D eigenvalue weighted by Gasteiger charge is 2.34. The van der Waals surface area contributed by atoms with Gasteiger partial charge in [0.1, 0.15) is 16.9 Å². The Bertz CT molecular complexity index is 1490. The van der Waals surface area contributed by atoms with E-state index in [9.17, 15) is 19.8 Å². The first-order chi connectivity index (χ1) is 20.2. The number of carbonyl (C=O) groups excluding carboxylic acids is 1. The highest BCUT2D eigenvalue weighted by molar-refractivity contribution is 6.05. The number of ether oxygens (including phenoxy) is 2. The zero-order valence-electron chi connectivity index (χ0n) is 24.7. The number of furan rings is 1. The second kappa shape index (κ2) is 14.8. The van der Waals surface area contributed by atoms with Crippen LogP contribution >= 0.6 is 0 Å². The second-order valence-electron chi connectivity index (χ2n) is 10.9. The van der Waals surface area contributed by atoms with Crippen molar-refractivity contribution in [1.29, 1.82) is 0 Å². The van der Waals surface area contributed by atoms with Crippen molar-refractivity contribution in [3.63, 3.8) is 0 Å². The van der Waals surface area contributed by atoms with E-state index in [2.05, 4.69) is 32.0 Å². The molecule has 1 aromatic heterocycles. The van der Waals surface area contributed by atoms with Gasteiger partial charge in [-0.15, -0.1) is 0 Å². The van der Waals surface area contributed by atoms with E-state index < -0.39 is 24.1 Å². The number of nitrogens with zero attached hydrogens (tertiary/aromatic N) is 1. The third kappa shape index (κ3) is 8.11. The molecule has 0 aliphatic carbocycles. The molecule has 1 amide bonds. The van der Waals surface area contributed by atoms with Crippen LogP contribution < -0.4 is 4.74 Å². The van der Waals surface area contributed by atoms with Crippen LogP contribution in [-0.4, -0.2) is 66.0 Å². The predicted molar refractivity (Wildman–Crippen MR) is 163 cm³/mol. The molecule has 0 bridgehead atoms. The van der Waals surface area contributed by atoms with E-state index in [0.29, 0.717) is 32.4 Å². The number of hydrogen-bond donors (Lipinski definition) is 2. The van der Waals surface area contributed by atoms with Gasteiger partial charge in [0, 0.05) is 31.0 Å². The summed E-state index contributed by atoms with van der Waals surface area (Å²) < 4.78 is 17.4. The lowest BCUT2D eigenvalue weighted by molar-refractivity contribution is -0.166. The molecule has 8 nitrogen and oxygen atoms in total. The average molecular weight is 576 g/mol. The number of carbonyl (C=O) groups is 2. The molecule has 0 fully saturated rings. The van der Waals surface area contributed by atoms with E-state index >= 15 is 0 Å². The number of likely N-dealkylation sites (N-methyl/N-ethyl adjacent to an activating group) is 1. The number of aliphatic hydroxyl groups is 1. The summed E-state index contributed by atoms with van der Waals surface area (Å²) in [7, 11) is 1.59. The van der Waals surface area contributed by atoms with E-state index in [0.717, 1.165) is 47.0 Å². The molecule has 1 heterocycles. The molecule has 0 spiro atoms. The third-order valence-corrected chi connectivity index (χ3v) is 7.64. The Hall–Kier alpha value is -3.88. The average Bonchev–Trinajstić information content (AvgIpc) is 3.35.